The summed E-state index contributed by atoms with van der Waals surface area (Å²) in [5.74, 6) is -0.275. The number of halogens is 1. The Kier molecular flexibility index (Phi) is 3.55. The van der Waals surface area contributed by atoms with Gasteiger partial charge in [-0.05, 0) is 61.4 Å². The van der Waals surface area contributed by atoms with Crippen LogP contribution in [-0.4, -0.2) is 0 Å². The second kappa shape index (κ2) is 5.37. The van der Waals surface area contributed by atoms with Crippen LogP contribution in [0.15, 0.2) is 61.5 Å². The summed E-state index contributed by atoms with van der Waals surface area (Å²) in [7, 11) is 0. The Morgan fingerprint density at radius 1 is 1.00 bits per heavy atom. The molecule has 106 valence electrons. The topological polar surface area (TPSA) is 30.2 Å². The van der Waals surface area contributed by atoms with Crippen LogP contribution >= 0.6 is 11.8 Å². The molecule has 0 saturated carbocycles. The van der Waals surface area contributed by atoms with E-state index in [1.54, 1.807) is 12.1 Å². The van der Waals surface area contributed by atoms with E-state index in [9.17, 15) is 9.18 Å². The summed E-state index contributed by atoms with van der Waals surface area (Å²) in [4.78, 5) is 13.4. The molecule has 0 radical (unpaired) electrons. The van der Waals surface area contributed by atoms with E-state index in [4.69, 9.17) is 4.42 Å². The lowest BCUT2D eigenvalue weighted by Gasteiger charge is -2.08. The molecular formula is C17H13FO2S. The monoisotopic (exact) mass is 300 g/mol. The third kappa shape index (κ3) is 2.85. The van der Waals surface area contributed by atoms with Gasteiger partial charge in [0.15, 0.2) is 0 Å². The van der Waals surface area contributed by atoms with E-state index in [0.29, 0.717) is 5.58 Å². The minimum Gasteiger partial charge on any atom is -0.423 e. The minimum atomic E-state index is -0.379. The summed E-state index contributed by atoms with van der Waals surface area (Å²) in [5.41, 5.74) is 2.41. The average molecular weight is 300 g/mol. The first-order valence-corrected chi connectivity index (χ1v) is 7.33. The molecule has 3 aromatic rings. The maximum Gasteiger partial charge on any atom is 0.337 e. The molecule has 2 nitrogen and oxygen atoms in total. The smallest absolute Gasteiger partial charge is 0.337 e. The minimum absolute atomic E-state index is 0.275. The first-order valence-electron chi connectivity index (χ1n) is 6.51. The van der Waals surface area contributed by atoms with Gasteiger partial charge in [0, 0.05) is 21.2 Å². The van der Waals surface area contributed by atoms with E-state index >= 15 is 0 Å². The summed E-state index contributed by atoms with van der Waals surface area (Å²) in [6.07, 6.45) is 0. The van der Waals surface area contributed by atoms with Crippen molar-refractivity contribution in [3.05, 3.63) is 69.8 Å². The second-order valence-electron chi connectivity index (χ2n) is 4.92. The predicted octanol–water partition coefficient (Wildman–Crippen LogP) is 4.70. The van der Waals surface area contributed by atoms with Gasteiger partial charge in [-0.1, -0.05) is 11.8 Å². The highest BCUT2D eigenvalue weighted by Gasteiger charge is 2.09. The summed E-state index contributed by atoms with van der Waals surface area (Å²) in [6.45, 7) is 4.00. The van der Waals surface area contributed by atoms with Crippen LogP contribution < -0.4 is 5.63 Å². The molecule has 0 atom stereocenters. The average Bonchev–Trinajstić information content (AvgIpc) is 2.43. The Morgan fingerprint density at radius 3 is 2.38 bits per heavy atom. The van der Waals surface area contributed by atoms with Crippen molar-refractivity contribution in [2.75, 3.05) is 0 Å². The molecule has 21 heavy (non-hydrogen) atoms. The van der Waals surface area contributed by atoms with Crippen LogP contribution in [0.3, 0.4) is 0 Å². The molecule has 0 aliphatic heterocycles. The summed E-state index contributed by atoms with van der Waals surface area (Å²) < 4.78 is 18.2. The van der Waals surface area contributed by atoms with Crippen molar-refractivity contribution in [2.24, 2.45) is 0 Å². The number of fused-ring (bicyclic) bond motifs is 1. The predicted molar refractivity (Wildman–Crippen MR) is 82.5 cm³/mol. The maximum absolute atomic E-state index is 13.0. The molecule has 0 saturated heterocycles. The van der Waals surface area contributed by atoms with E-state index in [1.807, 2.05) is 26.0 Å². The van der Waals surface area contributed by atoms with Crippen molar-refractivity contribution in [1.82, 2.24) is 0 Å². The third-order valence-corrected chi connectivity index (χ3v) is 4.43. The van der Waals surface area contributed by atoms with Crippen LogP contribution in [0.5, 0.6) is 0 Å². The molecule has 1 aromatic heterocycles. The second-order valence-corrected chi connectivity index (χ2v) is 6.03. The van der Waals surface area contributed by atoms with Crippen molar-refractivity contribution >= 4 is 22.7 Å². The maximum atomic E-state index is 13.0. The Hall–Kier alpha value is -2.07. The number of rotatable bonds is 2. The normalized spacial score (nSPS) is 11.0. The van der Waals surface area contributed by atoms with Gasteiger partial charge in [0.1, 0.15) is 11.4 Å². The number of aryl methyl sites for hydroxylation is 2. The molecule has 3 rings (SSSR count). The molecule has 0 aliphatic carbocycles. The third-order valence-electron chi connectivity index (χ3n) is 3.36. The quantitative estimate of drug-likeness (QED) is 0.643. The zero-order chi connectivity index (χ0) is 15.0. The number of benzene rings is 2. The van der Waals surface area contributed by atoms with Crippen molar-refractivity contribution in [2.45, 2.75) is 23.6 Å². The molecule has 0 aliphatic rings. The molecule has 1 heterocycles. The fourth-order valence-corrected chi connectivity index (χ4v) is 3.05. The van der Waals surface area contributed by atoms with E-state index < -0.39 is 0 Å². The number of hydrogen-bond acceptors (Lipinski definition) is 3. The van der Waals surface area contributed by atoms with E-state index in [2.05, 4.69) is 0 Å². The highest BCUT2D eigenvalue weighted by molar-refractivity contribution is 7.99. The van der Waals surface area contributed by atoms with E-state index in [1.165, 1.54) is 30.0 Å². The highest BCUT2D eigenvalue weighted by Crippen LogP contribution is 2.33. The van der Waals surface area contributed by atoms with Gasteiger partial charge in [-0.15, -0.1) is 0 Å². The van der Waals surface area contributed by atoms with Gasteiger partial charge in [0.2, 0.25) is 0 Å². The first kappa shape index (κ1) is 13.9. The van der Waals surface area contributed by atoms with E-state index in [0.717, 1.165) is 26.3 Å². The fourth-order valence-electron chi connectivity index (χ4n) is 2.10. The van der Waals surface area contributed by atoms with Gasteiger partial charge < -0.3 is 4.42 Å². The Bertz CT molecular complexity index is 866. The highest BCUT2D eigenvalue weighted by atomic mass is 32.2. The summed E-state index contributed by atoms with van der Waals surface area (Å²) in [6, 6.07) is 11.6. The van der Waals surface area contributed by atoms with Crippen LogP contribution in [0.25, 0.3) is 11.0 Å². The lowest BCUT2D eigenvalue weighted by Crippen LogP contribution is -1.98. The molecule has 0 amide bonds. The van der Waals surface area contributed by atoms with Crippen LogP contribution in [0.1, 0.15) is 11.1 Å². The molecule has 4 heteroatoms. The Labute approximate surface area is 125 Å². The summed E-state index contributed by atoms with van der Waals surface area (Å²) >= 11 is 1.43. The molecule has 0 fully saturated rings. The van der Waals surface area contributed by atoms with Gasteiger partial charge in [0.05, 0.1) is 0 Å². The standard InChI is InChI=1S/C17H13FO2S/c1-10-7-14-15(8-11(10)2)20-17(19)9-16(14)21-13-5-3-12(18)4-6-13/h3-9H,1-2H3. The van der Waals surface area contributed by atoms with Crippen LogP contribution in [0.2, 0.25) is 0 Å². The van der Waals surface area contributed by atoms with Crippen molar-refractivity contribution in [1.29, 1.82) is 0 Å². The van der Waals surface area contributed by atoms with Gasteiger partial charge in [-0.3, -0.25) is 0 Å². The zero-order valence-electron chi connectivity index (χ0n) is 11.6. The van der Waals surface area contributed by atoms with Crippen LogP contribution in [0.4, 0.5) is 4.39 Å². The molecule has 0 unspecified atom stereocenters. The SMILES string of the molecule is Cc1cc2oc(=O)cc(Sc3ccc(F)cc3)c2cc1C. The van der Waals surface area contributed by atoms with Gasteiger partial charge in [0.25, 0.3) is 0 Å². The molecule has 2 aromatic carbocycles. The van der Waals surface area contributed by atoms with Gasteiger partial charge >= 0.3 is 5.63 Å². The largest absolute Gasteiger partial charge is 0.423 e. The van der Waals surface area contributed by atoms with Crippen molar-refractivity contribution in [3.8, 4) is 0 Å². The number of hydrogen-bond donors (Lipinski definition) is 0. The van der Waals surface area contributed by atoms with E-state index in [-0.39, 0.29) is 11.4 Å². The molecule has 0 N–H and O–H groups in total. The fraction of sp³-hybridized carbons (Fsp3) is 0.118. The lowest BCUT2D eigenvalue weighted by molar-refractivity contribution is 0.557. The lowest BCUT2D eigenvalue weighted by atomic mass is 10.1. The van der Waals surface area contributed by atoms with Crippen LogP contribution in [-0.2, 0) is 0 Å². The first-order chi connectivity index (χ1) is 10.0. The Balaban J connectivity index is 2.15. The molecule has 0 spiro atoms. The van der Waals surface area contributed by atoms with Crippen molar-refractivity contribution < 1.29 is 8.81 Å². The molecule has 0 bridgehead atoms. The Morgan fingerprint density at radius 2 is 1.67 bits per heavy atom. The van der Waals surface area contributed by atoms with Gasteiger partial charge in [-0.2, -0.15) is 0 Å². The van der Waals surface area contributed by atoms with Gasteiger partial charge in [-0.25, -0.2) is 9.18 Å². The molecular weight excluding hydrogens is 287 g/mol. The van der Waals surface area contributed by atoms with Crippen LogP contribution in [0, 0.1) is 19.7 Å². The zero-order valence-corrected chi connectivity index (χ0v) is 12.5. The van der Waals surface area contributed by atoms with Crippen molar-refractivity contribution in [3.63, 3.8) is 0 Å². The summed E-state index contributed by atoms with van der Waals surface area (Å²) in [5, 5.41) is 0.895.